The fourth-order valence-electron chi connectivity index (χ4n) is 2.80. The fourth-order valence-corrected chi connectivity index (χ4v) is 2.98. The maximum atomic E-state index is 5.68. The van der Waals surface area contributed by atoms with Crippen molar-refractivity contribution < 1.29 is 18.6 Å². The van der Waals surface area contributed by atoms with Gasteiger partial charge in [0.1, 0.15) is 5.75 Å². The van der Waals surface area contributed by atoms with E-state index >= 15 is 0 Å². The highest BCUT2D eigenvalue weighted by Crippen LogP contribution is 2.31. The van der Waals surface area contributed by atoms with Crippen molar-refractivity contribution in [1.82, 2.24) is 14.7 Å². The molecule has 0 fully saturated rings. The molecule has 28 heavy (non-hydrogen) atoms. The molecule has 0 bridgehead atoms. The smallest absolute Gasteiger partial charge is 0.288 e. The Balaban J connectivity index is 1.73. The molecule has 0 unspecified atom stereocenters. The molecule has 7 nitrogen and oxygen atoms in total. The molecular weight excluding hydrogens is 378 g/mol. The summed E-state index contributed by atoms with van der Waals surface area (Å²) in [7, 11) is 6.83. The lowest BCUT2D eigenvalue weighted by atomic mass is 10.2. The van der Waals surface area contributed by atoms with Crippen LogP contribution in [0.15, 0.2) is 46.9 Å². The Morgan fingerprint density at radius 1 is 1.00 bits per heavy atom. The summed E-state index contributed by atoms with van der Waals surface area (Å²) < 4.78 is 23.1. The van der Waals surface area contributed by atoms with Crippen LogP contribution in [-0.2, 0) is 13.2 Å². The van der Waals surface area contributed by atoms with Crippen molar-refractivity contribution in [3.05, 3.63) is 52.9 Å². The lowest BCUT2D eigenvalue weighted by Crippen LogP contribution is -2.22. The zero-order valence-corrected chi connectivity index (χ0v) is 17.2. The van der Waals surface area contributed by atoms with Crippen LogP contribution in [0.4, 0.5) is 0 Å². The van der Waals surface area contributed by atoms with E-state index in [0.717, 1.165) is 17.9 Å². The Morgan fingerprint density at radius 2 is 1.71 bits per heavy atom. The number of rotatable bonds is 8. The average molecular weight is 401 g/mol. The minimum Gasteiger partial charge on any atom is -0.497 e. The van der Waals surface area contributed by atoms with Gasteiger partial charge in [-0.15, -0.1) is 5.10 Å². The number of nitrogens with zero attached hydrogens (tertiary/aromatic N) is 3. The van der Waals surface area contributed by atoms with Gasteiger partial charge in [-0.05, 0) is 55.2 Å². The quantitative estimate of drug-likeness (QED) is 0.529. The van der Waals surface area contributed by atoms with Crippen LogP contribution in [0.25, 0.3) is 11.5 Å². The summed E-state index contributed by atoms with van der Waals surface area (Å²) in [6, 6.07) is 13.4. The summed E-state index contributed by atoms with van der Waals surface area (Å²) in [6.45, 7) is 1.24. The highest BCUT2D eigenvalue weighted by atomic mass is 32.1. The Bertz CT molecular complexity index is 982. The first-order valence-electron chi connectivity index (χ1n) is 8.66. The fraction of sp³-hybridized carbons (Fsp3) is 0.300. The molecular formula is C20H23N3O4S. The topological polar surface area (TPSA) is 61.9 Å². The largest absolute Gasteiger partial charge is 0.497 e. The Morgan fingerprint density at radius 3 is 2.36 bits per heavy atom. The first-order chi connectivity index (χ1) is 13.5. The number of ether oxygens (including phenoxy) is 3. The van der Waals surface area contributed by atoms with E-state index in [-0.39, 0.29) is 0 Å². The molecule has 2 aromatic carbocycles. The lowest BCUT2D eigenvalue weighted by molar-refractivity contribution is 0.240. The highest BCUT2D eigenvalue weighted by molar-refractivity contribution is 7.71. The van der Waals surface area contributed by atoms with Crippen molar-refractivity contribution in [3.8, 4) is 28.7 Å². The van der Waals surface area contributed by atoms with Gasteiger partial charge in [0.25, 0.3) is 4.84 Å². The van der Waals surface area contributed by atoms with Gasteiger partial charge in [-0.1, -0.05) is 12.1 Å². The van der Waals surface area contributed by atoms with Gasteiger partial charge >= 0.3 is 0 Å². The third-order valence-electron chi connectivity index (χ3n) is 4.22. The molecule has 3 rings (SSSR count). The molecule has 1 heterocycles. The van der Waals surface area contributed by atoms with Gasteiger partial charge < -0.3 is 18.6 Å². The first kappa shape index (κ1) is 19.9. The second-order valence-corrected chi connectivity index (χ2v) is 6.60. The molecule has 0 spiro atoms. The molecule has 148 valence electrons. The van der Waals surface area contributed by atoms with E-state index in [1.165, 1.54) is 5.56 Å². The molecule has 0 saturated carbocycles. The predicted octanol–water partition coefficient (Wildman–Crippen LogP) is 3.99. The third-order valence-corrected chi connectivity index (χ3v) is 4.52. The van der Waals surface area contributed by atoms with Crippen molar-refractivity contribution in [3.63, 3.8) is 0 Å². The van der Waals surface area contributed by atoms with E-state index in [1.807, 2.05) is 49.5 Å². The molecule has 1 aromatic heterocycles. The Labute approximate surface area is 169 Å². The molecule has 0 aliphatic heterocycles. The molecule has 0 saturated heterocycles. The number of hydrogen-bond donors (Lipinski definition) is 0. The maximum absolute atomic E-state index is 5.68. The number of aromatic nitrogens is 2. The van der Waals surface area contributed by atoms with Crippen molar-refractivity contribution in [2.75, 3.05) is 28.4 Å². The minimum absolute atomic E-state index is 0.311. The monoisotopic (exact) mass is 401 g/mol. The summed E-state index contributed by atoms with van der Waals surface area (Å²) in [5, 5.41) is 4.51. The Kier molecular flexibility index (Phi) is 6.33. The van der Waals surface area contributed by atoms with E-state index < -0.39 is 0 Å². The van der Waals surface area contributed by atoms with Gasteiger partial charge in [-0.25, -0.2) is 4.68 Å². The van der Waals surface area contributed by atoms with Crippen molar-refractivity contribution >= 4 is 12.2 Å². The van der Waals surface area contributed by atoms with Crippen molar-refractivity contribution in [2.45, 2.75) is 13.2 Å². The molecule has 0 radical (unpaired) electrons. The van der Waals surface area contributed by atoms with E-state index in [4.69, 9.17) is 30.8 Å². The van der Waals surface area contributed by atoms with Gasteiger partial charge in [-0.3, -0.25) is 4.90 Å². The normalized spacial score (nSPS) is 10.9. The van der Waals surface area contributed by atoms with Crippen molar-refractivity contribution in [1.29, 1.82) is 0 Å². The predicted molar refractivity (Wildman–Crippen MR) is 108 cm³/mol. The minimum atomic E-state index is 0.311. The number of hydrogen-bond acceptors (Lipinski definition) is 7. The van der Waals surface area contributed by atoms with Crippen LogP contribution in [0.2, 0.25) is 0 Å². The summed E-state index contributed by atoms with van der Waals surface area (Å²) >= 11 is 5.33. The molecule has 0 aliphatic carbocycles. The number of methoxy groups -OCH3 is 3. The van der Waals surface area contributed by atoms with Gasteiger partial charge in [0, 0.05) is 12.1 Å². The van der Waals surface area contributed by atoms with Crippen molar-refractivity contribution in [2.24, 2.45) is 0 Å². The standard InChI is InChI=1S/C20H23N3O4S/c1-22(12-14-5-8-16(24-2)9-6-14)13-23-20(28)27-19(21-23)15-7-10-17(25-3)18(11-15)26-4/h5-11H,12-13H2,1-4H3. The van der Waals surface area contributed by atoms with Crippen LogP contribution in [0.5, 0.6) is 17.2 Å². The summed E-state index contributed by atoms with van der Waals surface area (Å²) in [6.07, 6.45) is 0. The molecule has 0 N–H and O–H groups in total. The molecule has 0 aliphatic rings. The van der Waals surface area contributed by atoms with Gasteiger partial charge in [-0.2, -0.15) is 0 Å². The van der Waals surface area contributed by atoms with Crippen LogP contribution in [-0.4, -0.2) is 43.1 Å². The molecule has 3 aromatic rings. The highest BCUT2D eigenvalue weighted by Gasteiger charge is 2.13. The van der Waals surface area contributed by atoms with Gasteiger partial charge in [0.15, 0.2) is 11.5 Å². The first-order valence-corrected chi connectivity index (χ1v) is 9.06. The summed E-state index contributed by atoms with van der Waals surface area (Å²) in [5.74, 6) is 2.52. The van der Waals surface area contributed by atoms with Crippen LogP contribution in [0.1, 0.15) is 5.56 Å². The van der Waals surface area contributed by atoms with Gasteiger partial charge in [0.05, 0.1) is 28.0 Å². The molecule has 0 amide bonds. The van der Waals surface area contributed by atoms with Crippen LogP contribution >= 0.6 is 12.2 Å². The zero-order valence-electron chi connectivity index (χ0n) is 16.3. The van der Waals surface area contributed by atoms with E-state index in [1.54, 1.807) is 26.0 Å². The van der Waals surface area contributed by atoms with Crippen LogP contribution in [0, 0.1) is 4.84 Å². The summed E-state index contributed by atoms with van der Waals surface area (Å²) in [4.78, 5) is 2.41. The zero-order chi connectivity index (χ0) is 20.1. The SMILES string of the molecule is COc1ccc(CN(C)Cn2nc(-c3ccc(OC)c(OC)c3)oc2=S)cc1. The second-order valence-electron chi connectivity index (χ2n) is 6.25. The number of benzene rings is 2. The van der Waals surface area contributed by atoms with Crippen LogP contribution in [0.3, 0.4) is 0 Å². The Hall–Kier alpha value is -2.84. The average Bonchev–Trinajstić information content (AvgIpc) is 3.08. The second kappa shape index (κ2) is 8.90. The van der Waals surface area contributed by atoms with E-state index in [0.29, 0.717) is 28.9 Å². The summed E-state index contributed by atoms with van der Waals surface area (Å²) in [5.41, 5.74) is 1.93. The molecule has 8 heteroatoms. The third kappa shape index (κ3) is 4.52. The van der Waals surface area contributed by atoms with E-state index in [9.17, 15) is 0 Å². The maximum Gasteiger partial charge on any atom is 0.288 e. The van der Waals surface area contributed by atoms with Crippen LogP contribution < -0.4 is 14.2 Å². The molecule has 0 atom stereocenters. The van der Waals surface area contributed by atoms with Gasteiger partial charge in [0.2, 0.25) is 5.89 Å². The van der Waals surface area contributed by atoms with E-state index in [2.05, 4.69) is 10.00 Å². The lowest BCUT2D eigenvalue weighted by Gasteiger charge is -2.16.